The highest BCUT2D eigenvalue weighted by molar-refractivity contribution is 6.35. The molecule has 100 valence electrons. The molecule has 1 N–H and O–H groups in total. The average Bonchev–Trinajstić information content (AvgIpc) is 2.33. The zero-order chi connectivity index (χ0) is 14.2. The maximum Gasteiger partial charge on any atom is 0.251 e. The Morgan fingerprint density at radius 2 is 1.47 bits per heavy atom. The van der Waals surface area contributed by atoms with E-state index in [9.17, 15) is 17.6 Å². The Bertz CT molecular complexity index is 626. The van der Waals surface area contributed by atoms with Gasteiger partial charge >= 0.3 is 0 Å². The first-order valence-corrected chi connectivity index (χ1v) is 5.57. The van der Waals surface area contributed by atoms with Crippen molar-refractivity contribution in [3.8, 4) is 0 Å². The van der Waals surface area contributed by atoms with Crippen LogP contribution in [0.25, 0.3) is 0 Å². The van der Waals surface area contributed by atoms with Crippen molar-refractivity contribution in [2.24, 2.45) is 0 Å². The average molecular weight is 311 g/mol. The van der Waals surface area contributed by atoms with E-state index in [-0.39, 0.29) is 15.7 Å². The summed E-state index contributed by atoms with van der Waals surface area (Å²) in [4.78, 5) is 3.04. The van der Waals surface area contributed by atoms with Crippen LogP contribution in [0.3, 0.4) is 0 Å². The molecule has 2 aromatic rings. The van der Waals surface area contributed by atoms with Gasteiger partial charge in [-0.3, -0.25) is 0 Å². The second kappa shape index (κ2) is 5.22. The second-order valence-corrected chi connectivity index (χ2v) is 4.28. The number of benzene rings is 1. The summed E-state index contributed by atoms with van der Waals surface area (Å²) in [5.74, 6) is -5.41. The summed E-state index contributed by atoms with van der Waals surface area (Å²) < 4.78 is 52.0. The number of anilines is 2. The first-order valence-electron chi connectivity index (χ1n) is 4.81. The van der Waals surface area contributed by atoms with Crippen molar-refractivity contribution in [2.75, 3.05) is 5.32 Å². The van der Waals surface area contributed by atoms with E-state index in [1.54, 1.807) is 0 Å². The number of hydrogen-bond acceptors (Lipinski definition) is 2. The fraction of sp³-hybridized carbons (Fsp3) is 0. The van der Waals surface area contributed by atoms with Gasteiger partial charge in [0.1, 0.15) is 0 Å². The van der Waals surface area contributed by atoms with Crippen molar-refractivity contribution in [1.82, 2.24) is 4.98 Å². The van der Waals surface area contributed by atoms with Gasteiger partial charge in [0.05, 0.1) is 10.0 Å². The zero-order valence-electron chi connectivity index (χ0n) is 8.95. The molecule has 0 radical (unpaired) electrons. The Morgan fingerprint density at radius 3 is 2.05 bits per heavy atom. The van der Waals surface area contributed by atoms with E-state index in [2.05, 4.69) is 10.3 Å². The van der Waals surface area contributed by atoms with Crippen LogP contribution >= 0.6 is 23.2 Å². The molecule has 2 nitrogen and oxygen atoms in total. The van der Waals surface area contributed by atoms with Crippen LogP contribution in [-0.4, -0.2) is 4.98 Å². The summed E-state index contributed by atoms with van der Waals surface area (Å²) in [5, 5.41) is 1.71. The molecule has 0 aliphatic rings. The topological polar surface area (TPSA) is 24.9 Å². The molecule has 0 aliphatic carbocycles. The van der Waals surface area contributed by atoms with E-state index < -0.39 is 29.2 Å². The highest BCUT2D eigenvalue weighted by atomic mass is 35.5. The van der Waals surface area contributed by atoms with Crippen LogP contribution in [0.2, 0.25) is 10.0 Å². The van der Waals surface area contributed by atoms with Crippen LogP contribution < -0.4 is 5.32 Å². The molecule has 0 unspecified atom stereocenters. The predicted octanol–water partition coefficient (Wildman–Crippen LogP) is 4.69. The molecule has 0 aliphatic heterocycles. The maximum atomic E-state index is 13.3. The second-order valence-electron chi connectivity index (χ2n) is 3.47. The Labute approximate surface area is 115 Å². The minimum atomic E-state index is -1.47. The summed E-state index contributed by atoms with van der Waals surface area (Å²) in [6.45, 7) is 0. The van der Waals surface area contributed by atoms with Gasteiger partial charge in [0.2, 0.25) is 0 Å². The van der Waals surface area contributed by atoms with E-state index in [4.69, 9.17) is 23.2 Å². The van der Waals surface area contributed by atoms with Crippen LogP contribution in [0.4, 0.5) is 29.1 Å². The molecule has 1 aromatic heterocycles. The maximum absolute atomic E-state index is 13.3. The lowest BCUT2D eigenvalue weighted by atomic mass is 10.3. The van der Waals surface area contributed by atoms with E-state index in [1.807, 2.05) is 0 Å². The van der Waals surface area contributed by atoms with Gasteiger partial charge in [0.15, 0.2) is 23.3 Å². The van der Waals surface area contributed by atoms with Crippen molar-refractivity contribution >= 4 is 34.7 Å². The van der Waals surface area contributed by atoms with Gasteiger partial charge in [0.25, 0.3) is 5.95 Å². The first-order chi connectivity index (χ1) is 8.88. The molecule has 1 aromatic carbocycles. The largest absolute Gasteiger partial charge is 0.338 e. The fourth-order valence-corrected chi connectivity index (χ4v) is 1.78. The third-order valence-corrected chi connectivity index (χ3v) is 2.68. The Balaban J connectivity index is 2.39. The molecule has 0 saturated carbocycles. The highest BCUT2D eigenvalue weighted by Crippen LogP contribution is 2.29. The number of halogens is 6. The van der Waals surface area contributed by atoms with Gasteiger partial charge in [0, 0.05) is 11.8 Å². The van der Waals surface area contributed by atoms with Gasteiger partial charge in [-0.15, -0.1) is 0 Å². The van der Waals surface area contributed by atoms with E-state index in [0.29, 0.717) is 6.07 Å². The molecule has 8 heteroatoms. The molecule has 0 saturated heterocycles. The zero-order valence-corrected chi connectivity index (χ0v) is 10.5. The number of rotatable bonds is 2. The van der Waals surface area contributed by atoms with E-state index in [0.717, 1.165) is 12.1 Å². The summed E-state index contributed by atoms with van der Waals surface area (Å²) >= 11 is 11.1. The lowest BCUT2D eigenvalue weighted by Crippen LogP contribution is -2.02. The monoisotopic (exact) mass is 310 g/mol. The van der Waals surface area contributed by atoms with Crippen molar-refractivity contribution in [1.29, 1.82) is 0 Å². The van der Waals surface area contributed by atoms with Crippen LogP contribution in [-0.2, 0) is 0 Å². The van der Waals surface area contributed by atoms with E-state index in [1.165, 1.54) is 0 Å². The van der Waals surface area contributed by atoms with Crippen molar-refractivity contribution in [3.63, 3.8) is 0 Å². The van der Waals surface area contributed by atoms with E-state index >= 15 is 0 Å². The molecule has 19 heavy (non-hydrogen) atoms. The minimum absolute atomic E-state index is 0.0776. The third-order valence-electron chi connectivity index (χ3n) is 2.13. The minimum Gasteiger partial charge on any atom is -0.338 e. The number of nitrogens with zero attached hydrogens (tertiary/aromatic N) is 1. The van der Waals surface area contributed by atoms with Gasteiger partial charge in [-0.2, -0.15) is 9.37 Å². The van der Waals surface area contributed by atoms with Gasteiger partial charge in [-0.05, 0) is 12.1 Å². The predicted molar refractivity (Wildman–Crippen MR) is 63.8 cm³/mol. The molecule has 2 rings (SSSR count). The quantitative estimate of drug-likeness (QED) is 0.494. The van der Waals surface area contributed by atoms with Gasteiger partial charge in [-0.25, -0.2) is 13.2 Å². The molecule has 0 fully saturated rings. The third kappa shape index (κ3) is 2.90. The number of nitrogens with one attached hydrogen (secondary N) is 1. The van der Waals surface area contributed by atoms with Crippen LogP contribution in [0, 0.1) is 23.4 Å². The lowest BCUT2D eigenvalue weighted by molar-refractivity contribution is 0.467. The molecule has 0 amide bonds. The smallest absolute Gasteiger partial charge is 0.251 e. The molecule has 0 spiro atoms. The normalized spacial score (nSPS) is 10.6. The molecule has 0 bridgehead atoms. The summed E-state index contributed by atoms with van der Waals surface area (Å²) in [6.07, 6.45) is 0. The SMILES string of the molecule is Fc1cc(F)c(Nc2cc(Cl)c(F)c(Cl)c2)nc1F. The number of hydrogen-bond donors (Lipinski definition) is 1. The fourth-order valence-electron chi connectivity index (χ4n) is 1.30. The lowest BCUT2D eigenvalue weighted by Gasteiger charge is -2.08. The van der Waals surface area contributed by atoms with Crippen molar-refractivity contribution in [2.45, 2.75) is 0 Å². The van der Waals surface area contributed by atoms with Crippen LogP contribution in [0.15, 0.2) is 18.2 Å². The van der Waals surface area contributed by atoms with Gasteiger partial charge < -0.3 is 5.32 Å². The Hall–Kier alpha value is -1.53. The van der Waals surface area contributed by atoms with Crippen LogP contribution in [0.1, 0.15) is 0 Å². The standard InChI is InChI=1S/C11H4Cl2F4N2/c12-5-1-4(2-6(13)9(5)16)18-11-8(15)3-7(14)10(17)19-11/h1-3H,(H,18,19). The molecule has 1 heterocycles. The number of pyridine rings is 1. The number of aromatic nitrogens is 1. The summed E-state index contributed by atoms with van der Waals surface area (Å²) in [7, 11) is 0. The van der Waals surface area contributed by atoms with Crippen molar-refractivity contribution < 1.29 is 17.6 Å². The molecular weight excluding hydrogens is 307 g/mol. The molecular formula is C11H4Cl2F4N2. The Kier molecular flexibility index (Phi) is 3.82. The van der Waals surface area contributed by atoms with Crippen molar-refractivity contribution in [3.05, 3.63) is 51.6 Å². The first kappa shape index (κ1) is 13.9. The van der Waals surface area contributed by atoms with Crippen LogP contribution in [0.5, 0.6) is 0 Å². The Morgan fingerprint density at radius 1 is 0.895 bits per heavy atom. The van der Waals surface area contributed by atoms with Gasteiger partial charge in [-0.1, -0.05) is 23.2 Å². The molecule has 0 atom stereocenters. The summed E-state index contributed by atoms with van der Waals surface area (Å²) in [6, 6.07) is 2.54. The summed E-state index contributed by atoms with van der Waals surface area (Å²) in [5.41, 5.74) is 0.0776. The highest BCUT2D eigenvalue weighted by Gasteiger charge is 2.13.